The van der Waals surface area contributed by atoms with Crippen LogP contribution in [-0.2, 0) is 9.59 Å². The molecule has 2 fully saturated rings. The van der Waals surface area contributed by atoms with Crippen molar-refractivity contribution in [1.29, 1.82) is 0 Å². The van der Waals surface area contributed by atoms with Crippen molar-refractivity contribution in [3.63, 3.8) is 0 Å². The molecule has 0 N–H and O–H groups in total. The summed E-state index contributed by atoms with van der Waals surface area (Å²) >= 11 is 0. The average molecular weight is 182 g/mol. The fourth-order valence-electron chi connectivity index (χ4n) is 2.15. The molecular formula is C9H14N2O2. The third-order valence-electron chi connectivity index (χ3n) is 2.87. The zero-order valence-electron chi connectivity index (χ0n) is 7.82. The molecule has 0 saturated carbocycles. The van der Waals surface area contributed by atoms with E-state index in [1.807, 2.05) is 7.05 Å². The summed E-state index contributed by atoms with van der Waals surface area (Å²) in [4.78, 5) is 26.3. The molecule has 2 saturated heterocycles. The Labute approximate surface area is 77.5 Å². The maximum Gasteiger partial charge on any atom is 0.231 e. The van der Waals surface area contributed by atoms with Gasteiger partial charge in [0.05, 0.1) is 6.17 Å². The topological polar surface area (TPSA) is 40.6 Å². The van der Waals surface area contributed by atoms with Crippen molar-refractivity contribution in [1.82, 2.24) is 9.80 Å². The second-order valence-corrected chi connectivity index (χ2v) is 3.76. The quantitative estimate of drug-likeness (QED) is 0.543. The number of carbonyl (C=O) groups is 2. The number of likely N-dealkylation sites (tertiary alicyclic amines) is 2. The molecule has 1 unspecified atom stereocenters. The number of rotatable bonds is 1. The molecule has 0 aromatic rings. The molecule has 4 heteroatoms. The van der Waals surface area contributed by atoms with Crippen molar-refractivity contribution < 1.29 is 9.59 Å². The molecule has 1 atom stereocenters. The van der Waals surface area contributed by atoms with Crippen molar-refractivity contribution in [2.75, 3.05) is 13.6 Å². The van der Waals surface area contributed by atoms with Gasteiger partial charge in [-0.15, -0.1) is 0 Å². The number of carbonyl (C=O) groups excluding carboxylic acids is 2. The second kappa shape index (κ2) is 3.10. The van der Waals surface area contributed by atoms with Gasteiger partial charge in [0.1, 0.15) is 0 Å². The Balaban J connectivity index is 2.14. The molecular weight excluding hydrogens is 168 g/mol. The minimum absolute atomic E-state index is 0.00347. The van der Waals surface area contributed by atoms with Crippen LogP contribution in [0.2, 0.25) is 0 Å². The van der Waals surface area contributed by atoms with Gasteiger partial charge in [-0.25, -0.2) is 0 Å². The van der Waals surface area contributed by atoms with Crippen LogP contribution in [0, 0.1) is 0 Å². The molecule has 13 heavy (non-hydrogen) atoms. The highest BCUT2D eigenvalue weighted by Gasteiger charge is 2.38. The number of hydrogen-bond donors (Lipinski definition) is 0. The van der Waals surface area contributed by atoms with E-state index in [9.17, 15) is 9.59 Å². The van der Waals surface area contributed by atoms with Crippen LogP contribution in [-0.4, -0.2) is 41.4 Å². The maximum absolute atomic E-state index is 11.4. The van der Waals surface area contributed by atoms with Crippen molar-refractivity contribution in [3.8, 4) is 0 Å². The Hall–Kier alpha value is -0.900. The van der Waals surface area contributed by atoms with Gasteiger partial charge in [-0.2, -0.15) is 0 Å². The lowest BCUT2D eigenvalue weighted by molar-refractivity contribution is -0.144. The number of imide groups is 1. The Morgan fingerprint density at radius 1 is 1.23 bits per heavy atom. The fourth-order valence-corrected chi connectivity index (χ4v) is 2.15. The van der Waals surface area contributed by atoms with E-state index in [0.29, 0.717) is 12.8 Å². The van der Waals surface area contributed by atoms with Crippen LogP contribution in [0.3, 0.4) is 0 Å². The van der Waals surface area contributed by atoms with E-state index in [1.165, 1.54) is 4.90 Å². The lowest BCUT2D eigenvalue weighted by Gasteiger charge is -2.27. The van der Waals surface area contributed by atoms with E-state index < -0.39 is 0 Å². The molecule has 0 aromatic heterocycles. The first-order chi connectivity index (χ1) is 6.20. The molecule has 4 nitrogen and oxygen atoms in total. The highest BCUT2D eigenvalue weighted by molar-refractivity contribution is 6.02. The lowest BCUT2D eigenvalue weighted by Crippen LogP contribution is -2.45. The Morgan fingerprint density at radius 2 is 1.85 bits per heavy atom. The third-order valence-corrected chi connectivity index (χ3v) is 2.87. The maximum atomic E-state index is 11.4. The zero-order valence-corrected chi connectivity index (χ0v) is 7.82. The number of nitrogens with zero attached hydrogens (tertiary/aromatic N) is 2. The van der Waals surface area contributed by atoms with Gasteiger partial charge in [0.15, 0.2) is 0 Å². The summed E-state index contributed by atoms with van der Waals surface area (Å²) in [5.41, 5.74) is 0. The van der Waals surface area contributed by atoms with Crippen molar-refractivity contribution >= 4 is 11.8 Å². The summed E-state index contributed by atoms with van der Waals surface area (Å²) in [5.74, 6) is 0.00694. The van der Waals surface area contributed by atoms with Crippen molar-refractivity contribution in [3.05, 3.63) is 0 Å². The van der Waals surface area contributed by atoms with E-state index in [2.05, 4.69) is 4.90 Å². The predicted octanol–water partition coefficient (Wildman–Crippen LogP) is 0.187. The van der Waals surface area contributed by atoms with Gasteiger partial charge in [-0.3, -0.25) is 19.4 Å². The van der Waals surface area contributed by atoms with Crippen LogP contribution in [0.1, 0.15) is 25.7 Å². The summed E-state index contributed by atoms with van der Waals surface area (Å²) in [5, 5.41) is 0. The Morgan fingerprint density at radius 3 is 2.31 bits per heavy atom. The highest BCUT2D eigenvalue weighted by Crippen LogP contribution is 2.24. The SMILES string of the molecule is CN1CCCC1N1C(=O)CCC1=O. The molecule has 2 amide bonds. The van der Waals surface area contributed by atoms with Crippen molar-refractivity contribution in [2.24, 2.45) is 0 Å². The molecule has 2 aliphatic rings. The standard InChI is InChI=1S/C9H14N2O2/c1-10-6-2-3-7(10)11-8(12)4-5-9(11)13/h7H,2-6H2,1H3. The van der Waals surface area contributed by atoms with Gasteiger partial charge in [-0.1, -0.05) is 0 Å². The average Bonchev–Trinajstić information content (AvgIpc) is 2.60. The molecule has 2 heterocycles. The molecule has 0 aromatic carbocycles. The summed E-state index contributed by atoms with van der Waals surface area (Å²) in [6.45, 7) is 0.988. The predicted molar refractivity (Wildman–Crippen MR) is 46.7 cm³/mol. The minimum atomic E-state index is 0.00347. The molecule has 72 valence electrons. The van der Waals surface area contributed by atoms with Crippen LogP contribution in [0.15, 0.2) is 0 Å². The number of hydrogen-bond acceptors (Lipinski definition) is 3. The van der Waals surface area contributed by atoms with Gasteiger partial charge in [0.25, 0.3) is 0 Å². The second-order valence-electron chi connectivity index (χ2n) is 3.76. The van der Waals surface area contributed by atoms with E-state index in [-0.39, 0.29) is 18.0 Å². The van der Waals surface area contributed by atoms with Crippen molar-refractivity contribution in [2.45, 2.75) is 31.8 Å². The molecule has 0 radical (unpaired) electrons. The van der Waals surface area contributed by atoms with E-state index in [0.717, 1.165) is 19.4 Å². The summed E-state index contributed by atoms with van der Waals surface area (Å²) in [6, 6.07) is 0. The largest absolute Gasteiger partial charge is 0.286 e. The first-order valence-electron chi connectivity index (χ1n) is 4.75. The van der Waals surface area contributed by atoms with Gasteiger partial charge in [0.2, 0.25) is 11.8 Å². The Kier molecular flexibility index (Phi) is 2.07. The fraction of sp³-hybridized carbons (Fsp3) is 0.778. The van der Waals surface area contributed by atoms with Gasteiger partial charge in [-0.05, 0) is 26.4 Å². The van der Waals surface area contributed by atoms with Crippen LogP contribution in [0.4, 0.5) is 0 Å². The van der Waals surface area contributed by atoms with Crippen LogP contribution < -0.4 is 0 Å². The summed E-state index contributed by atoms with van der Waals surface area (Å²) in [7, 11) is 1.97. The van der Waals surface area contributed by atoms with E-state index in [4.69, 9.17) is 0 Å². The molecule has 0 aliphatic carbocycles. The van der Waals surface area contributed by atoms with Gasteiger partial charge < -0.3 is 0 Å². The van der Waals surface area contributed by atoms with Gasteiger partial charge >= 0.3 is 0 Å². The smallest absolute Gasteiger partial charge is 0.231 e. The van der Waals surface area contributed by atoms with Crippen LogP contribution >= 0.6 is 0 Å². The number of amides is 2. The zero-order chi connectivity index (χ0) is 9.42. The van der Waals surface area contributed by atoms with E-state index >= 15 is 0 Å². The Bertz CT molecular complexity index is 236. The molecule has 0 spiro atoms. The lowest BCUT2D eigenvalue weighted by atomic mass is 10.3. The molecule has 2 rings (SSSR count). The minimum Gasteiger partial charge on any atom is -0.286 e. The van der Waals surface area contributed by atoms with Crippen LogP contribution in [0.5, 0.6) is 0 Å². The molecule has 2 aliphatic heterocycles. The first kappa shape index (κ1) is 8.69. The summed E-state index contributed by atoms with van der Waals surface area (Å²) in [6.07, 6.45) is 2.88. The monoisotopic (exact) mass is 182 g/mol. The first-order valence-corrected chi connectivity index (χ1v) is 4.75. The highest BCUT2D eigenvalue weighted by atomic mass is 16.2. The normalized spacial score (nSPS) is 30.5. The van der Waals surface area contributed by atoms with Gasteiger partial charge in [0, 0.05) is 12.8 Å². The summed E-state index contributed by atoms with van der Waals surface area (Å²) < 4.78 is 0. The molecule has 0 bridgehead atoms. The van der Waals surface area contributed by atoms with E-state index in [1.54, 1.807) is 0 Å². The van der Waals surface area contributed by atoms with Crippen LogP contribution in [0.25, 0.3) is 0 Å². The third kappa shape index (κ3) is 1.35.